The Labute approximate surface area is 152 Å². The van der Waals surface area contributed by atoms with Crippen molar-refractivity contribution >= 4 is 32.9 Å². The van der Waals surface area contributed by atoms with Gasteiger partial charge in [-0.25, -0.2) is 0 Å². The monoisotopic (exact) mass is 346 g/mol. The van der Waals surface area contributed by atoms with Crippen LogP contribution in [0.15, 0.2) is 66.0 Å². The van der Waals surface area contributed by atoms with Crippen molar-refractivity contribution in [1.29, 1.82) is 0 Å². The zero-order valence-corrected chi connectivity index (χ0v) is 15.3. The summed E-state index contributed by atoms with van der Waals surface area (Å²) >= 11 is 1.60. The van der Waals surface area contributed by atoms with Crippen LogP contribution in [-0.2, 0) is 12.8 Å². The van der Waals surface area contributed by atoms with Gasteiger partial charge in [-0.1, -0.05) is 48.5 Å². The number of hydrogen-bond acceptors (Lipinski definition) is 2. The number of benzene rings is 3. The maximum atomic E-state index is 4.87. The van der Waals surface area contributed by atoms with E-state index < -0.39 is 0 Å². The van der Waals surface area contributed by atoms with Gasteiger partial charge in [0.2, 0.25) is 0 Å². The van der Waals surface area contributed by atoms with E-state index in [1.54, 1.807) is 29.6 Å². The van der Waals surface area contributed by atoms with Gasteiger partial charge in [0.15, 0.2) is 5.06 Å². The molecule has 0 aliphatic heterocycles. The molecule has 0 unspecified atom stereocenters. The minimum atomic E-state index is 0.972. The van der Waals surface area contributed by atoms with Crippen LogP contribution in [0.2, 0.25) is 0 Å². The Hall–Kier alpha value is -2.32. The van der Waals surface area contributed by atoms with Crippen LogP contribution in [0.3, 0.4) is 0 Å². The maximum Gasteiger partial charge on any atom is 0.173 e. The fourth-order valence-electron chi connectivity index (χ4n) is 3.72. The zero-order valence-electron chi connectivity index (χ0n) is 14.5. The van der Waals surface area contributed by atoms with Gasteiger partial charge in [0.05, 0.1) is 7.11 Å². The highest BCUT2D eigenvalue weighted by Crippen LogP contribution is 2.33. The summed E-state index contributed by atoms with van der Waals surface area (Å²) in [5.41, 5.74) is 3.17. The van der Waals surface area contributed by atoms with Crippen LogP contribution in [0.4, 0.5) is 0 Å². The summed E-state index contributed by atoms with van der Waals surface area (Å²) in [4.78, 5) is 0. The number of aryl methyl sites for hydroxylation is 2. The van der Waals surface area contributed by atoms with Crippen molar-refractivity contribution in [2.24, 2.45) is 0 Å². The Bertz CT molecular complexity index is 986. The van der Waals surface area contributed by atoms with Gasteiger partial charge in [-0.15, -0.1) is 11.3 Å². The molecule has 5 rings (SSSR count). The van der Waals surface area contributed by atoms with Crippen molar-refractivity contribution in [2.45, 2.75) is 25.7 Å². The molecule has 0 amide bonds. The average molecular weight is 346 g/mol. The highest BCUT2D eigenvalue weighted by Gasteiger charge is 2.13. The second kappa shape index (κ2) is 7.28. The van der Waals surface area contributed by atoms with E-state index in [0.717, 1.165) is 5.06 Å². The third-order valence-electron chi connectivity index (χ3n) is 4.95. The van der Waals surface area contributed by atoms with Crippen molar-refractivity contribution in [2.75, 3.05) is 7.11 Å². The molecule has 0 saturated carbocycles. The van der Waals surface area contributed by atoms with Crippen LogP contribution in [0.1, 0.15) is 24.0 Å². The quantitative estimate of drug-likeness (QED) is 0.352. The summed E-state index contributed by atoms with van der Waals surface area (Å²) in [6.07, 6.45) is 5.22. The van der Waals surface area contributed by atoms with Crippen molar-refractivity contribution in [3.05, 3.63) is 77.2 Å². The van der Waals surface area contributed by atoms with Gasteiger partial charge in [-0.3, -0.25) is 0 Å². The summed E-state index contributed by atoms with van der Waals surface area (Å²) in [5.74, 6) is 0. The topological polar surface area (TPSA) is 9.23 Å². The molecule has 0 saturated heterocycles. The Morgan fingerprint density at radius 1 is 0.760 bits per heavy atom. The molecule has 0 radical (unpaired) electrons. The van der Waals surface area contributed by atoms with Crippen molar-refractivity contribution in [1.82, 2.24) is 0 Å². The molecule has 0 spiro atoms. The van der Waals surface area contributed by atoms with Gasteiger partial charge in [0, 0.05) is 0 Å². The summed E-state index contributed by atoms with van der Waals surface area (Å²) < 4.78 is 4.87. The van der Waals surface area contributed by atoms with Gasteiger partial charge in [0.25, 0.3) is 0 Å². The van der Waals surface area contributed by atoms with Crippen LogP contribution in [0.5, 0.6) is 5.06 Å². The Kier molecular flexibility index (Phi) is 4.71. The molecule has 25 heavy (non-hydrogen) atoms. The molecule has 2 heteroatoms. The van der Waals surface area contributed by atoms with E-state index >= 15 is 0 Å². The molecule has 0 bridgehead atoms. The molecule has 1 nitrogen and oxygen atoms in total. The van der Waals surface area contributed by atoms with Crippen LogP contribution in [-0.4, -0.2) is 7.11 Å². The normalized spacial score (nSPS) is 13.2. The fourth-order valence-corrected chi connectivity index (χ4v) is 4.27. The molecular formula is C23H22OS. The van der Waals surface area contributed by atoms with E-state index in [-0.39, 0.29) is 0 Å². The summed E-state index contributed by atoms with van der Waals surface area (Å²) in [6.45, 7) is 0. The number of rotatable bonds is 1. The molecule has 1 aromatic heterocycles. The SMILES string of the molecule is COc1cccs1.c1ccc2c(c1)ccc1c3c(ccc12)CCCC3. The van der Waals surface area contributed by atoms with E-state index in [1.165, 1.54) is 47.2 Å². The summed E-state index contributed by atoms with van der Waals surface area (Å²) in [7, 11) is 1.67. The predicted molar refractivity (Wildman–Crippen MR) is 109 cm³/mol. The van der Waals surface area contributed by atoms with Crippen molar-refractivity contribution in [3.63, 3.8) is 0 Å². The van der Waals surface area contributed by atoms with Crippen molar-refractivity contribution in [3.8, 4) is 5.06 Å². The Morgan fingerprint density at radius 3 is 2.40 bits per heavy atom. The molecule has 4 aromatic rings. The van der Waals surface area contributed by atoms with Gasteiger partial charge in [-0.2, -0.15) is 0 Å². The smallest absolute Gasteiger partial charge is 0.173 e. The minimum Gasteiger partial charge on any atom is -0.487 e. The lowest BCUT2D eigenvalue weighted by atomic mass is 9.86. The largest absolute Gasteiger partial charge is 0.487 e. The maximum absolute atomic E-state index is 4.87. The Morgan fingerprint density at radius 2 is 1.60 bits per heavy atom. The summed E-state index contributed by atoms with van der Waals surface area (Å²) in [5, 5.41) is 8.60. The fraction of sp³-hybridized carbons (Fsp3) is 0.217. The van der Waals surface area contributed by atoms with E-state index in [1.807, 2.05) is 17.5 Å². The van der Waals surface area contributed by atoms with E-state index in [9.17, 15) is 0 Å². The van der Waals surface area contributed by atoms with Gasteiger partial charge in [-0.05, 0) is 75.9 Å². The number of ether oxygens (including phenoxy) is 1. The zero-order chi connectivity index (χ0) is 17.1. The van der Waals surface area contributed by atoms with E-state index in [2.05, 4.69) is 48.5 Å². The van der Waals surface area contributed by atoms with E-state index in [4.69, 9.17) is 4.74 Å². The van der Waals surface area contributed by atoms with Crippen LogP contribution >= 0.6 is 11.3 Å². The highest BCUT2D eigenvalue weighted by molar-refractivity contribution is 7.11. The third-order valence-corrected chi connectivity index (χ3v) is 5.78. The molecule has 0 atom stereocenters. The van der Waals surface area contributed by atoms with E-state index in [0.29, 0.717) is 0 Å². The first-order valence-corrected chi connectivity index (χ1v) is 9.74. The lowest BCUT2D eigenvalue weighted by Crippen LogP contribution is -2.02. The van der Waals surface area contributed by atoms with Crippen molar-refractivity contribution < 1.29 is 4.74 Å². The van der Waals surface area contributed by atoms with Gasteiger partial charge < -0.3 is 4.74 Å². The number of hydrogen-bond donors (Lipinski definition) is 0. The molecule has 3 aromatic carbocycles. The first-order valence-electron chi connectivity index (χ1n) is 8.86. The molecule has 126 valence electrons. The lowest BCUT2D eigenvalue weighted by molar-refractivity contribution is 0.427. The summed E-state index contributed by atoms with van der Waals surface area (Å²) in [6, 6.07) is 21.9. The molecular weight excluding hydrogens is 324 g/mol. The number of methoxy groups -OCH3 is 1. The third kappa shape index (κ3) is 3.27. The molecule has 0 N–H and O–H groups in total. The van der Waals surface area contributed by atoms with Gasteiger partial charge >= 0.3 is 0 Å². The standard InChI is InChI=1S/C18H16.C5H6OS/c1-3-7-15-13(5-1)9-11-18-16-8-4-2-6-14(16)10-12-17(15)18;1-6-5-3-2-4-7-5/h1,3,5,7,9-12H,2,4,6,8H2;2-4H,1H3. The van der Waals surface area contributed by atoms with Crippen LogP contribution in [0.25, 0.3) is 21.5 Å². The molecule has 1 heterocycles. The molecule has 0 fully saturated rings. The number of thiophene rings is 1. The second-order valence-corrected chi connectivity index (χ2v) is 7.34. The molecule has 1 aliphatic carbocycles. The molecule has 1 aliphatic rings. The average Bonchev–Trinajstić information content (AvgIpc) is 3.22. The predicted octanol–water partition coefficient (Wildman–Crippen LogP) is 6.63. The number of fused-ring (bicyclic) bond motifs is 5. The first-order chi connectivity index (χ1) is 12.4. The lowest BCUT2D eigenvalue weighted by Gasteiger charge is -2.18. The van der Waals surface area contributed by atoms with Crippen LogP contribution < -0.4 is 4.74 Å². The Balaban J connectivity index is 0.000000190. The van der Waals surface area contributed by atoms with Crippen LogP contribution in [0, 0.1) is 0 Å². The highest BCUT2D eigenvalue weighted by atomic mass is 32.1. The van der Waals surface area contributed by atoms with Gasteiger partial charge in [0.1, 0.15) is 0 Å². The first kappa shape index (κ1) is 16.2. The second-order valence-electron chi connectivity index (χ2n) is 6.43. The minimum absolute atomic E-state index is 0.972.